The van der Waals surface area contributed by atoms with Crippen LogP contribution in [0.5, 0.6) is 11.5 Å². The Morgan fingerprint density at radius 3 is 1.53 bits per heavy atom. The Balaban J connectivity index is 2.23. The van der Waals surface area contributed by atoms with Crippen LogP contribution in [0.3, 0.4) is 0 Å². The molecule has 3 aromatic carbocycles. The molecule has 0 saturated carbocycles. The molecule has 0 aromatic heterocycles. The first-order chi connectivity index (χ1) is 16.2. The summed E-state index contributed by atoms with van der Waals surface area (Å²) < 4.78 is 11.5. The van der Waals surface area contributed by atoms with Gasteiger partial charge in [-0.25, -0.2) is 0 Å². The summed E-state index contributed by atoms with van der Waals surface area (Å²) in [5, 5.41) is 5.66. The Hall–Kier alpha value is -3.04. The molecule has 4 rings (SSSR count). The third-order valence-electron chi connectivity index (χ3n) is 7.70. The molecule has 0 heterocycles. The van der Waals surface area contributed by atoms with Gasteiger partial charge in [0.25, 0.3) is 0 Å². The minimum Gasteiger partial charge on any atom is -0.497 e. The highest BCUT2D eigenvalue weighted by Crippen LogP contribution is 2.41. The number of hydrogen-bond donors (Lipinski definition) is 0. The molecule has 34 heavy (non-hydrogen) atoms. The fourth-order valence-corrected chi connectivity index (χ4v) is 11.7. The van der Waals surface area contributed by atoms with Crippen molar-refractivity contribution in [1.29, 1.82) is 0 Å². The van der Waals surface area contributed by atoms with E-state index in [1.165, 1.54) is 43.4 Å². The van der Waals surface area contributed by atoms with Crippen molar-refractivity contribution >= 4 is 23.6 Å². The molecule has 0 radical (unpaired) electrons. The lowest BCUT2D eigenvalue weighted by Crippen LogP contribution is -2.69. The quantitative estimate of drug-likeness (QED) is 0.345. The summed E-state index contributed by atoms with van der Waals surface area (Å²) in [7, 11) is 0.826. The molecule has 0 spiro atoms. The topological polar surface area (TPSA) is 18.5 Å². The molecular formula is C31H36O2Si. The fourth-order valence-electron chi connectivity index (χ4n) is 5.84. The van der Waals surface area contributed by atoms with E-state index >= 15 is 0 Å². The van der Waals surface area contributed by atoms with Crippen molar-refractivity contribution < 1.29 is 9.47 Å². The molecule has 0 amide bonds. The minimum atomic E-state index is -2.68. The van der Waals surface area contributed by atoms with Gasteiger partial charge in [0.05, 0.1) is 14.2 Å². The Bertz CT molecular complexity index is 1230. The van der Waals surface area contributed by atoms with Gasteiger partial charge < -0.3 is 9.47 Å². The second-order valence-corrected chi connectivity index (χ2v) is 13.4. The lowest BCUT2D eigenvalue weighted by Gasteiger charge is -2.39. The molecule has 1 aliphatic carbocycles. The van der Waals surface area contributed by atoms with Gasteiger partial charge in [0.1, 0.15) is 11.5 Å². The second-order valence-electron chi connectivity index (χ2n) is 9.66. The van der Waals surface area contributed by atoms with Crippen molar-refractivity contribution in [3.63, 3.8) is 0 Å². The van der Waals surface area contributed by atoms with Gasteiger partial charge >= 0.3 is 0 Å². The maximum atomic E-state index is 5.74. The molecular weight excluding hydrogens is 432 g/mol. The summed E-state index contributed by atoms with van der Waals surface area (Å²) >= 11 is 0. The van der Waals surface area contributed by atoms with E-state index < -0.39 is 8.07 Å². The van der Waals surface area contributed by atoms with Crippen LogP contribution in [0.25, 0.3) is 0 Å². The van der Waals surface area contributed by atoms with E-state index in [2.05, 4.69) is 96.1 Å². The predicted octanol–water partition coefficient (Wildman–Crippen LogP) is 5.63. The summed E-state index contributed by atoms with van der Waals surface area (Å²) in [6, 6.07) is 24.6. The second kappa shape index (κ2) is 9.30. The van der Waals surface area contributed by atoms with E-state index in [-0.39, 0.29) is 0 Å². The van der Waals surface area contributed by atoms with Crippen LogP contribution in [0.1, 0.15) is 38.8 Å². The van der Waals surface area contributed by atoms with Gasteiger partial charge in [-0.2, -0.15) is 0 Å². The molecule has 1 unspecified atom stereocenters. The highest BCUT2D eigenvalue weighted by Gasteiger charge is 2.48. The van der Waals surface area contributed by atoms with Crippen LogP contribution >= 0.6 is 0 Å². The van der Waals surface area contributed by atoms with Crippen molar-refractivity contribution in [3.8, 4) is 11.5 Å². The van der Waals surface area contributed by atoms with E-state index in [0.717, 1.165) is 11.5 Å². The third-order valence-corrected chi connectivity index (χ3v) is 12.8. The van der Waals surface area contributed by atoms with Crippen LogP contribution in [0.15, 0.2) is 88.6 Å². The maximum absolute atomic E-state index is 5.74. The third kappa shape index (κ3) is 3.82. The number of hydrogen-bond acceptors (Lipinski definition) is 2. The van der Waals surface area contributed by atoms with E-state index in [1.807, 2.05) is 12.1 Å². The van der Waals surface area contributed by atoms with Gasteiger partial charge in [-0.05, 0) is 85.9 Å². The number of ether oxygens (including phenoxy) is 2. The van der Waals surface area contributed by atoms with Crippen molar-refractivity contribution in [2.24, 2.45) is 5.92 Å². The average molecular weight is 469 g/mol. The number of aryl methyl sites for hydroxylation is 2. The van der Waals surface area contributed by atoms with Crippen LogP contribution in [0.4, 0.5) is 0 Å². The lowest BCUT2D eigenvalue weighted by molar-refractivity contribution is 0.415. The smallest absolute Gasteiger partial charge is 0.176 e. The first-order valence-electron chi connectivity index (χ1n) is 12.0. The zero-order valence-electron chi connectivity index (χ0n) is 21.7. The van der Waals surface area contributed by atoms with Crippen LogP contribution < -0.4 is 25.0 Å². The molecule has 0 N–H and O–H groups in total. The van der Waals surface area contributed by atoms with Crippen LogP contribution in [0, 0.1) is 19.8 Å². The number of allylic oxidation sites excluding steroid dienone is 4. The standard InChI is InChI=1S/C31H36O2Si/c1-20-15-21(2)17-30(16-20)34(28-13-9-11-26(18-28)32-7,29-14-10-12-27(19-29)33-8)31-24(5)22(3)23(4)25(31)6/h9-19,24H,1-8H3. The van der Waals surface area contributed by atoms with Gasteiger partial charge in [0.2, 0.25) is 0 Å². The molecule has 3 heteroatoms. The molecule has 2 nitrogen and oxygen atoms in total. The number of benzene rings is 3. The van der Waals surface area contributed by atoms with E-state index in [1.54, 1.807) is 19.4 Å². The molecule has 1 aliphatic rings. The highest BCUT2D eigenvalue weighted by atomic mass is 28.3. The van der Waals surface area contributed by atoms with Gasteiger partial charge in [-0.3, -0.25) is 0 Å². The lowest BCUT2D eigenvalue weighted by atomic mass is 10.1. The number of rotatable bonds is 6. The fraction of sp³-hybridized carbons (Fsp3) is 0.290. The summed E-state index contributed by atoms with van der Waals surface area (Å²) in [5.74, 6) is 2.16. The first-order valence-corrected chi connectivity index (χ1v) is 14.0. The van der Waals surface area contributed by atoms with Crippen molar-refractivity contribution in [1.82, 2.24) is 0 Å². The Morgan fingerprint density at radius 1 is 0.618 bits per heavy atom. The molecule has 0 fully saturated rings. The first kappa shape index (κ1) is 24.1. The summed E-state index contributed by atoms with van der Waals surface area (Å²) in [5.41, 5.74) is 6.92. The molecule has 0 saturated heterocycles. The maximum Gasteiger partial charge on any atom is 0.176 e. The van der Waals surface area contributed by atoms with E-state index in [0.29, 0.717) is 5.92 Å². The predicted molar refractivity (Wildman–Crippen MR) is 147 cm³/mol. The monoisotopic (exact) mass is 468 g/mol. The number of methoxy groups -OCH3 is 2. The zero-order valence-corrected chi connectivity index (χ0v) is 22.7. The van der Waals surface area contributed by atoms with Crippen LogP contribution in [-0.2, 0) is 0 Å². The summed E-state index contributed by atoms with van der Waals surface area (Å²) in [6.45, 7) is 13.7. The Morgan fingerprint density at radius 2 is 1.12 bits per heavy atom. The minimum absolute atomic E-state index is 0.366. The van der Waals surface area contributed by atoms with Crippen molar-refractivity contribution in [3.05, 3.63) is 99.8 Å². The molecule has 1 atom stereocenters. The normalized spacial score (nSPS) is 16.3. The van der Waals surface area contributed by atoms with Gasteiger partial charge in [-0.1, -0.05) is 76.9 Å². The van der Waals surface area contributed by atoms with Gasteiger partial charge in [0.15, 0.2) is 8.07 Å². The Kier molecular flexibility index (Phi) is 6.59. The molecule has 176 valence electrons. The summed E-state index contributed by atoms with van der Waals surface area (Å²) in [6.07, 6.45) is 0. The summed E-state index contributed by atoms with van der Waals surface area (Å²) in [4.78, 5) is 0. The average Bonchev–Trinajstić information content (AvgIpc) is 3.02. The van der Waals surface area contributed by atoms with Crippen molar-refractivity contribution in [2.75, 3.05) is 14.2 Å². The molecule has 0 aliphatic heterocycles. The van der Waals surface area contributed by atoms with E-state index in [4.69, 9.17) is 9.47 Å². The SMILES string of the molecule is COc1cccc([Si](C2=C(C)C(C)=C(C)C2C)(c2cc(C)cc(C)c2)c2cccc(OC)c2)c1. The van der Waals surface area contributed by atoms with Crippen LogP contribution in [0.2, 0.25) is 0 Å². The zero-order chi connectivity index (χ0) is 24.6. The van der Waals surface area contributed by atoms with Gasteiger partial charge in [0, 0.05) is 0 Å². The van der Waals surface area contributed by atoms with Gasteiger partial charge in [-0.15, -0.1) is 0 Å². The molecule has 0 bridgehead atoms. The van der Waals surface area contributed by atoms with Crippen molar-refractivity contribution in [2.45, 2.75) is 41.5 Å². The van der Waals surface area contributed by atoms with Crippen LogP contribution in [-0.4, -0.2) is 22.3 Å². The highest BCUT2D eigenvalue weighted by molar-refractivity contribution is 7.16. The van der Waals surface area contributed by atoms with E-state index in [9.17, 15) is 0 Å². The largest absolute Gasteiger partial charge is 0.497 e. The Labute approximate surface area is 206 Å². The molecule has 3 aromatic rings.